The lowest BCUT2D eigenvalue weighted by atomic mass is 9.97. The van der Waals surface area contributed by atoms with E-state index in [4.69, 9.17) is 9.84 Å². The minimum Gasteiger partial charge on any atom is -0.478 e. The van der Waals surface area contributed by atoms with Crippen LogP contribution in [0.5, 0.6) is 0 Å². The molecule has 2 aromatic carbocycles. The second kappa shape index (κ2) is 9.97. The number of fused-ring (bicyclic) bond motifs is 3. The fraction of sp³-hybridized carbons (Fsp3) is 0.259. The molecule has 8 heteroatoms. The summed E-state index contributed by atoms with van der Waals surface area (Å²) in [6, 6.07) is 18.9. The smallest absolute Gasteiger partial charge is 0.408 e. The number of nitrogens with one attached hydrogen (secondary N) is 2. The van der Waals surface area contributed by atoms with Crippen LogP contribution in [0.3, 0.4) is 0 Å². The molecular weight excluding hydrogens is 446 g/mol. The van der Waals surface area contributed by atoms with E-state index < -0.39 is 23.5 Å². The summed E-state index contributed by atoms with van der Waals surface area (Å²) in [5.41, 5.74) is 3.75. The first kappa shape index (κ1) is 23.9. The Bertz CT molecular complexity index is 1230. The summed E-state index contributed by atoms with van der Waals surface area (Å²) in [6.45, 7) is 3.58. The lowest BCUT2D eigenvalue weighted by Gasteiger charge is -2.28. The molecule has 35 heavy (non-hydrogen) atoms. The van der Waals surface area contributed by atoms with Gasteiger partial charge in [-0.25, -0.2) is 9.59 Å². The van der Waals surface area contributed by atoms with E-state index in [0.29, 0.717) is 12.1 Å². The Balaban J connectivity index is 1.38. The van der Waals surface area contributed by atoms with E-state index in [0.717, 1.165) is 22.3 Å². The normalized spacial score (nSPS) is 13.8. The predicted molar refractivity (Wildman–Crippen MR) is 130 cm³/mol. The summed E-state index contributed by atoms with van der Waals surface area (Å²) < 4.78 is 5.58. The zero-order chi connectivity index (χ0) is 25.0. The van der Waals surface area contributed by atoms with Crippen molar-refractivity contribution < 1.29 is 24.2 Å². The number of hydrogen-bond acceptors (Lipinski definition) is 5. The zero-order valence-electron chi connectivity index (χ0n) is 19.6. The van der Waals surface area contributed by atoms with Gasteiger partial charge in [0.15, 0.2) is 0 Å². The number of hydrogen-bond donors (Lipinski definition) is 3. The van der Waals surface area contributed by atoms with Gasteiger partial charge in [-0.3, -0.25) is 9.78 Å². The number of benzene rings is 2. The second-order valence-corrected chi connectivity index (χ2v) is 8.66. The number of carboxylic acids is 1. The second-order valence-electron chi connectivity index (χ2n) is 8.66. The number of carboxylic acid groups (broad SMARTS) is 1. The lowest BCUT2D eigenvalue weighted by Crippen LogP contribution is -2.56. The van der Waals surface area contributed by atoms with Crippen molar-refractivity contribution in [3.63, 3.8) is 0 Å². The first-order valence-electron chi connectivity index (χ1n) is 11.4. The molecule has 1 aliphatic carbocycles. The fourth-order valence-corrected chi connectivity index (χ4v) is 4.24. The highest BCUT2D eigenvalue weighted by Gasteiger charge is 2.35. The molecular formula is C27H27N3O5. The van der Waals surface area contributed by atoms with Crippen LogP contribution in [-0.2, 0) is 16.1 Å². The first-order chi connectivity index (χ1) is 16.8. The quantitative estimate of drug-likeness (QED) is 0.453. The molecule has 0 radical (unpaired) electrons. The van der Waals surface area contributed by atoms with Gasteiger partial charge in [0.05, 0.1) is 17.8 Å². The van der Waals surface area contributed by atoms with Crippen molar-refractivity contribution in [2.45, 2.75) is 38.3 Å². The van der Waals surface area contributed by atoms with Gasteiger partial charge in [-0.2, -0.15) is 0 Å². The Morgan fingerprint density at radius 2 is 1.66 bits per heavy atom. The van der Waals surface area contributed by atoms with E-state index in [1.165, 1.54) is 18.3 Å². The van der Waals surface area contributed by atoms with Gasteiger partial charge in [0, 0.05) is 12.1 Å². The number of aromatic carboxylic acids is 1. The van der Waals surface area contributed by atoms with Gasteiger partial charge in [-0.15, -0.1) is 0 Å². The summed E-state index contributed by atoms with van der Waals surface area (Å²) in [4.78, 5) is 40.8. The van der Waals surface area contributed by atoms with E-state index in [2.05, 4.69) is 27.8 Å². The van der Waals surface area contributed by atoms with Crippen LogP contribution in [0.4, 0.5) is 4.79 Å². The van der Waals surface area contributed by atoms with Crippen LogP contribution in [0.15, 0.2) is 66.9 Å². The number of alkyl carbamates (subject to hydrolysis) is 1. The van der Waals surface area contributed by atoms with Crippen LogP contribution < -0.4 is 10.6 Å². The monoisotopic (exact) mass is 473 g/mol. The van der Waals surface area contributed by atoms with Crippen molar-refractivity contribution in [3.8, 4) is 11.1 Å². The molecule has 1 aromatic heterocycles. The Hall–Kier alpha value is -4.20. The molecule has 2 amide bonds. The van der Waals surface area contributed by atoms with Gasteiger partial charge in [0.25, 0.3) is 0 Å². The summed E-state index contributed by atoms with van der Waals surface area (Å²) in [5.74, 6) is -1.58. The van der Waals surface area contributed by atoms with E-state index in [1.54, 1.807) is 13.8 Å². The van der Waals surface area contributed by atoms with Crippen molar-refractivity contribution in [3.05, 3.63) is 89.2 Å². The number of nitrogens with zero attached hydrogens (tertiary/aromatic N) is 1. The average molecular weight is 474 g/mol. The molecule has 0 fully saturated rings. The van der Waals surface area contributed by atoms with Crippen molar-refractivity contribution in [1.29, 1.82) is 0 Å². The molecule has 0 saturated carbocycles. The molecule has 0 saturated heterocycles. The van der Waals surface area contributed by atoms with Gasteiger partial charge in [-0.1, -0.05) is 55.5 Å². The van der Waals surface area contributed by atoms with E-state index >= 15 is 0 Å². The highest BCUT2D eigenvalue weighted by atomic mass is 16.5. The Kier molecular flexibility index (Phi) is 6.82. The third kappa shape index (κ3) is 5.01. The highest BCUT2D eigenvalue weighted by molar-refractivity contribution is 5.90. The van der Waals surface area contributed by atoms with E-state index in [-0.39, 0.29) is 24.6 Å². The number of amides is 2. The minimum atomic E-state index is -1.22. The van der Waals surface area contributed by atoms with Crippen LogP contribution in [-0.4, -0.2) is 40.2 Å². The summed E-state index contributed by atoms with van der Waals surface area (Å²) in [7, 11) is 0. The largest absolute Gasteiger partial charge is 0.478 e. The lowest BCUT2D eigenvalue weighted by molar-refractivity contribution is -0.127. The van der Waals surface area contributed by atoms with Crippen LogP contribution in [0.25, 0.3) is 11.1 Å². The Morgan fingerprint density at radius 3 is 2.26 bits per heavy atom. The molecule has 1 unspecified atom stereocenters. The molecule has 0 spiro atoms. The maximum atomic E-state index is 12.9. The van der Waals surface area contributed by atoms with Crippen LogP contribution in [0.1, 0.15) is 53.4 Å². The van der Waals surface area contributed by atoms with Gasteiger partial charge >= 0.3 is 12.1 Å². The van der Waals surface area contributed by atoms with Crippen LogP contribution >= 0.6 is 0 Å². The third-order valence-corrected chi connectivity index (χ3v) is 6.42. The van der Waals surface area contributed by atoms with Crippen LogP contribution in [0.2, 0.25) is 0 Å². The predicted octanol–water partition coefficient (Wildman–Crippen LogP) is 4.10. The number of ether oxygens (including phenoxy) is 1. The summed E-state index contributed by atoms with van der Waals surface area (Å²) >= 11 is 0. The molecule has 1 aliphatic rings. The van der Waals surface area contributed by atoms with Gasteiger partial charge < -0.3 is 20.5 Å². The van der Waals surface area contributed by atoms with Crippen molar-refractivity contribution in [2.75, 3.05) is 6.61 Å². The Labute approximate surface area is 203 Å². The van der Waals surface area contributed by atoms with Crippen molar-refractivity contribution in [1.82, 2.24) is 15.6 Å². The average Bonchev–Trinajstić information content (AvgIpc) is 3.19. The number of rotatable bonds is 8. The molecule has 3 aromatic rings. The fourth-order valence-electron chi connectivity index (χ4n) is 4.24. The third-order valence-electron chi connectivity index (χ3n) is 6.42. The van der Waals surface area contributed by atoms with E-state index in [9.17, 15) is 14.4 Å². The molecule has 1 heterocycles. The number of carbonyl (C=O) groups is 3. The van der Waals surface area contributed by atoms with Gasteiger partial charge in [0.1, 0.15) is 12.1 Å². The number of pyridine rings is 1. The summed E-state index contributed by atoms with van der Waals surface area (Å²) in [5, 5.41) is 14.5. The number of carbonyl (C=O) groups excluding carboxylic acids is 2. The SMILES string of the molecule is CCC(C)(NC(=O)OCC1c2ccccc2-c2ccccc21)C(=O)NCc1cc(C(=O)O)ccn1. The molecule has 180 valence electrons. The zero-order valence-corrected chi connectivity index (χ0v) is 19.6. The maximum absolute atomic E-state index is 12.9. The number of aromatic nitrogens is 1. The molecule has 8 nitrogen and oxygen atoms in total. The van der Waals surface area contributed by atoms with Gasteiger partial charge in [-0.05, 0) is 47.7 Å². The molecule has 4 rings (SSSR count). The molecule has 3 N–H and O–H groups in total. The van der Waals surface area contributed by atoms with Gasteiger partial charge in [0.2, 0.25) is 5.91 Å². The summed E-state index contributed by atoms with van der Waals surface area (Å²) in [6.07, 6.45) is 1.02. The molecule has 1 atom stereocenters. The van der Waals surface area contributed by atoms with Crippen LogP contribution in [0, 0.1) is 0 Å². The molecule has 0 bridgehead atoms. The molecule has 0 aliphatic heterocycles. The Morgan fingerprint density at radius 1 is 1.03 bits per heavy atom. The topological polar surface area (TPSA) is 118 Å². The van der Waals surface area contributed by atoms with Crippen molar-refractivity contribution >= 4 is 18.0 Å². The first-order valence-corrected chi connectivity index (χ1v) is 11.4. The van der Waals surface area contributed by atoms with E-state index in [1.807, 2.05) is 36.4 Å². The standard InChI is InChI=1S/C27H27N3O5/c1-3-27(2,25(33)29-15-18-14-17(24(31)32)12-13-28-18)30-26(34)35-16-23-21-10-6-4-8-19(21)20-9-5-7-11-22(20)23/h4-14,23H,3,15-16H2,1-2H3,(H,29,33)(H,30,34)(H,31,32). The highest BCUT2D eigenvalue weighted by Crippen LogP contribution is 2.44. The van der Waals surface area contributed by atoms with Crippen molar-refractivity contribution in [2.24, 2.45) is 0 Å². The maximum Gasteiger partial charge on any atom is 0.408 e. The minimum absolute atomic E-state index is 0.0297.